The lowest BCUT2D eigenvalue weighted by molar-refractivity contribution is -0.124. The van der Waals surface area contributed by atoms with Crippen LogP contribution in [0.3, 0.4) is 0 Å². The molecule has 1 N–H and O–H groups in total. The second kappa shape index (κ2) is 8.09. The molecule has 1 amide bonds. The van der Waals surface area contributed by atoms with Gasteiger partial charge in [-0.15, -0.1) is 0 Å². The summed E-state index contributed by atoms with van der Waals surface area (Å²) in [6, 6.07) is 10.7. The maximum absolute atomic E-state index is 12.7. The van der Waals surface area contributed by atoms with Crippen LogP contribution < -0.4 is 5.32 Å². The van der Waals surface area contributed by atoms with Gasteiger partial charge < -0.3 is 5.32 Å². The van der Waals surface area contributed by atoms with Crippen molar-refractivity contribution in [3.05, 3.63) is 35.9 Å². The van der Waals surface area contributed by atoms with Crippen LogP contribution in [0, 0.1) is 0 Å². The molecule has 0 spiro atoms. The van der Waals surface area contributed by atoms with E-state index in [2.05, 4.69) is 22.3 Å². The van der Waals surface area contributed by atoms with Crippen LogP contribution in [0.15, 0.2) is 30.3 Å². The lowest BCUT2D eigenvalue weighted by Crippen LogP contribution is -2.51. The second-order valence-electron chi connectivity index (χ2n) is 8.13. The molecule has 0 bridgehead atoms. The largest absolute Gasteiger partial charge is 0.349 e. The van der Waals surface area contributed by atoms with Gasteiger partial charge in [-0.3, -0.25) is 9.69 Å². The highest BCUT2D eigenvalue weighted by molar-refractivity contribution is 7.91. The summed E-state index contributed by atoms with van der Waals surface area (Å²) >= 11 is 0. The molecule has 1 unspecified atom stereocenters. The van der Waals surface area contributed by atoms with Gasteiger partial charge in [-0.2, -0.15) is 0 Å². The first-order valence-electron chi connectivity index (χ1n) is 9.65. The van der Waals surface area contributed by atoms with Gasteiger partial charge in [-0.25, -0.2) is 8.42 Å². The molecule has 0 radical (unpaired) electrons. The predicted molar refractivity (Wildman–Crippen MR) is 104 cm³/mol. The van der Waals surface area contributed by atoms with Gasteiger partial charge in [0.1, 0.15) is 0 Å². The molecule has 2 aliphatic rings. The average Bonchev–Trinajstić information content (AvgIpc) is 2.88. The first kappa shape index (κ1) is 19.4. The van der Waals surface area contributed by atoms with Crippen LogP contribution in [0.5, 0.6) is 0 Å². The van der Waals surface area contributed by atoms with Crippen molar-refractivity contribution in [2.45, 2.75) is 63.6 Å². The van der Waals surface area contributed by atoms with Crippen molar-refractivity contribution < 1.29 is 13.2 Å². The van der Waals surface area contributed by atoms with Crippen LogP contribution in [-0.2, 0) is 21.2 Å². The summed E-state index contributed by atoms with van der Waals surface area (Å²) < 4.78 is 23.6. The van der Waals surface area contributed by atoms with Crippen molar-refractivity contribution in [1.29, 1.82) is 0 Å². The lowest BCUT2D eigenvalue weighted by Gasteiger charge is -2.35. The molecule has 2 fully saturated rings. The van der Waals surface area contributed by atoms with E-state index in [4.69, 9.17) is 0 Å². The van der Waals surface area contributed by atoms with Gasteiger partial charge in [0.25, 0.3) is 0 Å². The normalized spacial score (nSPS) is 26.1. The Bertz CT molecular complexity index is 714. The summed E-state index contributed by atoms with van der Waals surface area (Å²) in [6.07, 6.45) is 6.47. The van der Waals surface area contributed by atoms with E-state index in [0.717, 1.165) is 19.4 Å². The highest BCUT2D eigenvalue weighted by atomic mass is 32.2. The molecule has 5 nitrogen and oxygen atoms in total. The van der Waals surface area contributed by atoms with Crippen molar-refractivity contribution >= 4 is 15.7 Å². The third kappa shape index (κ3) is 5.30. The van der Waals surface area contributed by atoms with Gasteiger partial charge in [0.05, 0.1) is 23.6 Å². The van der Waals surface area contributed by atoms with Crippen molar-refractivity contribution in [3.8, 4) is 0 Å². The van der Waals surface area contributed by atoms with E-state index < -0.39 is 15.4 Å². The first-order chi connectivity index (χ1) is 12.4. The number of benzene rings is 1. The standard InChI is InChI=1S/C20H30N2O3S/c1-20(12-13-26(24,25)16-20)21-19(23)15-22(18-10-6-3-7-11-18)14-17-8-4-2-5-9-17/h2,4-5,8-9,18H,3,6-7,10-16H2,1H3,(H,21,23). The third-order valence-electron chi connectivity index (χ3n) is 5.61. The van der Waals surface area contributed by atoms with Crippen LogP contribution in [0.1, 0.15) is 51.0 Å². The van der Waals surface area contributed by atoms with Crippen molar-refractivity contribution in [2.75, 3.05) is 18.1 Å². The van der Waals surface area contributed by atoms with E-state index in [-0.39, 0.29) is 17.4 Å². The Morgan fingerprint density at radius 1 is 1.19 bits per heavy atom. The van der Waals surface area contributed by atoms with Crippen molar-refractivity contribution in [1.82, 2.24) is 10.2 Å². The minimum Gasteiger partial charge on any atom is -0.349 e. The van der Waals surface area contributed by atoms with E-state index >= 15 is 0 Å². The third-order valence-corrected chi connectivity index (χ3v) is 7.51. The van der Waals surface area contributed by atoms with E-state index in [0.29, 0.717) is 19.0 Å². The number of carbonyl (C=O) groups is 1. The molecule has 1 aromatic carbocycles. The lowest BCUT2D eigenvalue weighted by atomic mass is 9.93. The maximum Gasteiger partial charge on any atom is 0.234 e. The van der Waals surface area contributed by atoms with Gasteiger partial charge in [-0.05, 0) is 31.7 Å². The number of rotatable bonds is 6. The molecule has 144 valence electrons. The smallest absolute Gasteiger partial charge is 0.234 e. The molecule has 26 heavy (non-hydrogen) atoms. The molecule has 1 saturated heterocycles. The summed E-state index contributed by atoms with van der Waals surface area (Å²) in [5.74, 6) is 0.152. The number of nitrogens with zero attached hydrogens (tertiary/aromatic N) is 1. The number of hydrogen-bond donors (Lipinski definition) is 1. The summed E-state index contributed by atoms with van der Waals surface area (Å²) in [4.78, 5) is 15.0. The van der Waals surface area contributed by atoms with Crippen molar-refractivity contribution in [3.63, 3.8) is 0 Å². The van der Waals surface area contributed by atoms with E-state index in [9.17, 15) is 13.2 Å². The second-order valence-corrected chi connectivity index (χ2v) is 10.3. The molecule has 0 aromatic heterocycles. The summed E-state index contributed by atoms with van der Waals surface area (Å²) in [5.41, 5.74) is 0.585. The summed E-state index contributed by atoms with van der Waals surface area (Å²) in [7, 11) is -3.03. The van der Waals surface area contributed by atoms with E-state index in [1.165, 1.54) is 24.8 Å². The highest BCUT2D eigenvalue weighted by Gasteiger charge is 2.39. The molecule has 1 aromatic rings. The van der Waals surface area contributed by atoms with Gasteiger partial charge in [0, 0.05) is 12.6 Å². The Morgan fingerprint density at radius 2 is 1.88 bits per heavy atom. The van der Waals surface area contributed by atoms with Crippen LogP contribution in [0.4, 0.5) is 0 Å². The number of amides is 1. The molecule has 1 atom stereocenters. The van der Waals surface area contributed by atoms with Crippen LogP contribution in [-0.4, -0.2) is 48.9 Å². The van der Waals surface area contributed by atoms with Crippen molar-refractivity contribution in [2.24, 2.45) is 0 Å². The topological polar surface area (TPSA) is 66.5 Å². The Morgan fingerprint density at radius 3 is 2.50 bits per heavy atom. The number of hydrogen-bond acceptors (Lipinski definition) is 4. The molecule has 6 heteroatoms. The van der Waals surface area contributed by atoms with Gasteiger partial charge in [0.15, 0.2) is 9.84 Å². The minimum atomic E-state index is -3.03. The molecule has 3 rings (SSSR count). The first-order valence-corrected chi connectivity index (χ1v) is 11.5. The van der Waals surface area contributed by atoms with E-state index in [1.54, 1.807) is 0 Å². The Labute approximate surface area is 157 Å². The zero-order valence-electron chi connectivity index (χ0n) is 15.6. The number of carbonyl (C=O) groups excluding carboxylic acids is 1. The molecule has 1 aliphatic carbocycles. The number of sulfone groups is 1. The van der Waals surface area contributed by atoms with Gasteiger partial charge >= 0.3 is 0 Å². The summed E-state index contributed by atoms with van der Waals surface area (Å²) in [5, 5.41) is 3.01. The quantitative estimate of drug-likeness (QED) is 0.826. The SMILES string of the molecule is CC1(NC(=O)CN(Cc2ccccc2)C2CCCCC2)CCS(=O)(=O)C1. The van der Waals surface area contributed by atoms with Crippen LogP contribution in [0.25, 0.3) is 0 Å². The molecule has 1 heterocycles. The fourth-order valence-corrected chi connectivity index (χ4v) is 6.34. The monoisotopic (exact) mass is 378 g/mol. The molecule has 1 aliphatic heterocycles. The van der Waals surface area contributed by atoms with Crippen LogP contribution >= 0.6 is 0 Å². The van der Waals surface area contributed by atoms with Gasteiger partial charge in [-0.1, -0.05) is 49.6 Å². The average molecular weight is 379 g/mol. The zero-order valence-corrected chi connectivity index (χ0v) is 16.4. The Kier molecular flexibility index (Phi) is 6.03. The maximum atomic E-state index is 12.7. The van der Waals surface area contributed by atoms with Gasteiger partial charge in [0.2, 0.25) is 5.91 Å². The summed E-state index contributed by atoms with van der Waals surface area (Å²) in [6.45, 7) is 2.93. The highest BCUT2D eigenvalue weighted by Crippen LogP contribution is 2.25. The fourth-order valence-electron chi connectivity index (χ4n) is 4.25. The molecular formula is C20H30N2O3S. The predicted octanol–water partition coefficient (Wildman–Crippen LogP) is 2.51. The van der Waals surface area contributed by atoms with E-state index in [1.807, 2.05) is 25.1 Å². The molecule has 1 saturated carbocycles. The number of nitrogens with one attached hydrogen (secondary N) is 1. The zero-order chi connectivity index (χ0) is 18.6. The minimum absolute atomic E-state index is 0.0495. The molecular weight excluding hydrogens is 348 g/mol. The Balaban J connectivity index is 1.65. The fraction of sp³-hybridized carbons (Fsp3) is 0.650. The van der Waals surface area contributed by atoms with Crippen LogP contribution in [0.2, 0.25) is 0 Å². The Hall–Kier alpha value is -1.40.